The van der Waals surface area contributed by atoms with Gasteiger partial charge in [-0.15, -0.1) is 0 Å². The van der Waals surface area contributed by atoms with Crippen LogP contribution in [0, 0.1) is 0 Å². The van der Waals surface area contributed by atoms with E-state index in [1.165, 1.54) is 13.8 Å². The van der Waals surface area contributed by atoms with Gasteiger partial charge in [0.2, 0.25) is 6.41 Å². The Balaban J connectivity index is 0.000000385. The van der Waals surface area contributed by atoms with Gasteiger partial charge >= 0.3 is 12.0 Å². The van der Waals surface area contributed by atoms with E-state index in [0.29, 0.717) is 6.41 Å². The Kier molecular flexibility index (Phi) is 4.37. The number of carboxylic acid groups (broad SMARTS) is 1. The molecule has 2 N–H and O–H groups in total. The number of carbonyl (C=O) groups is 4. The van der Waals surface area contributed by atoms with Crippen LogP contribution in [0.2, 0.25) is 0 Å². The first kappa shape index (κ1) is 13.8. The molecule has 7 nitrogen and oxygen atoms in total. The number of nitrogens with one attached hydrogen (secondary N) is 1. The number of carbonyl (C=O) groups excluding carboxylic acids is 3. The molecule has 88 valence electrons. The number of nitrogens with zero attached hydrogens (tertiary/aromatic N) is 1. The zero-order valence-corrected chi connectivity index (χ0v) is 8.89. The summed E-state index contributed by atoms with van der Waals surface area (Å²) in [4.78, 5) is 42.1. The number of hydrogen-bond acceptors (Lipinski definition) is 4. The Hall–Kier alpha value is -2.18. The van der Waals surface area contributed by atoms with Gasteiger partial charge in [-0.05, 0) is 13.8 Å². The van der Waals surface area contributed by atoms with E-state index in [-0.39, 0.29) is 0 Å². The zero-order valence-electron chi connectivity index (χ0n) is 8.89. The van der Waals surface area contributed by atoms with Crippen LogP contribution >= 0.6 is 0 Å². The van der Waals surface area contributed by atoms with Crippen molar-refractivity contribution in [3.05, 3.63) is 12.7 Å². The monoisotopic (exact) mass is 228 g/mol. The summed E-state index contributed by atoms with van der Waals surface area (Å²) in [7, 11) is 0. The molecule has 0 bridgehead atoms. The normalized spacial score (nSPS) is 17.0. The quantitative estimate of drug-likeness (QED) is 0.384. The lowest BCUT2D eigenvalue weighted by Gasteiger charge is -2.20. The van der Waals surface area contributed by atoms with Crippen molar-refractivity contribution in [3.63, 3.8) is 0 Å². The summed E-state index contributed by atoms with van der Waals surface area (Å²) in [5, 5.41) is 9.63. The standard InChI is InChI=1S/C6H8N2O3.C3H4O2/c1-6(2)4(10)7-5(11)8(6)3-9;1-2-3(4)5/h3H,1-2H3,(H,7,10,11);2H,1H2,(H,4,5). The highest BCUT2D eigenvalue weighted by molar-refractivity contribution is 6.10. The van der Waals surface area contributed by atoms with Gasteiger partial charge < -0.3 is 5.11 Å². The molecule has 7 heteroatoms. The number of hydrogen-bond donors (Lipinski definition) is 2. The first-order valence-electron chi connectivity index (χ1n) is 4.22. The van der Waals surface area contributed by atoms with Gasteiger partial charge in [-0.1, -0.05) is 6.58 Å². The van der Waals surface area contributed by atoms with Gasteiger partial charge in [0.25, 0.3) is 5.91 Å². The minimum atomic E-state index is -1.04. The molecule has 0 aromatic rings. The second-order valence-corrected chi connectivity index (χ2v) is 3.34. The highest BCUT2D eigenvalue weighted by Crippen LogP contribution is 2.17. The predicted molar refractivity (Wildman–Crippen MR) is 53.4 cm³/mol. The van der Waals surface area contributed by atoms with Gasteiger partial charge in [0.05, 0.1) is 0 Å². The smallest absolute Gasteiger partial charge is 0.331 e. The Morgan fingerprint density at radius 2 is 1.94 bits per heavy atom. The molecule has 1 saturated heterocycles. The lowest BCUT2D eigenvalue weighted by atomic mass is 10.1. The summed E-state index contributed by atoms with van der Waals surface area (Å²) in [6.45, 7) is 5.96. The van der Waals surface area contributed by atoms with Crippen molar-refractivity contribution in [2.45, 2.75) is 19.4 Å². The van der Waals surface area contributed by atoms with E-state index in [2.05, 4.69) is 6.58 Å². The molecular weight excluding hydrogens is 216 g/mol. The number of aliphatic carboxylic acids is 1. The largest absolute Gasteiger partial charge is 0.478 e. The van der Waals surface area contributed by atoms with Crippen LogP contribution in [0.5, 0.6) is 0 Å². The maximum Gasteiger partial charge on any atom is 0.331 e. The van der Waals surface area contributed by atoms with Crippen molar-refractivity contribution in [3.8, 4) is 0 Å². The fraction of sp³-hybridized carbons (Fsp3) is 0.333. The van der Waals surface area contributed by atoms with E-state index >= 15 is 0 Å². The van der Waals surface area contributed by atoms with Gasteiger partial charge in [0.1, 0.15) is 5.54 Å². The van der Waals surface area contributed by atoms with Crippen molar-refractivity contribution >= 4 is 24.3 Å². The SMILES string of the molecule is C=CC(=O)O.CC1(C)C(=O)NC(=O)N1C=O. The molecule has 1 aliphatic heterocycles. The Bertz CT molecular complexity index is 348. The number of carboxylic acids is 1. The lowest BCUT2D eigenvalue weighted by Crippen LogP contribution is -2.43. The molecule has 0 unspecified atom stereocenters. The first-order valence-corrected chi connectivity index (χ1v) is 4.22. The number of imide groups is 2. The lowest BCUT2D eigenvalue weighted by molar-refractivity contribution is -0.131. The third-order valence-electron chi connectivity index (χ3n) is 1.88. The molecule has 1 heterocycles. The highest BCUT2D eigenvalue weighted by Gasteiger charge is 2.45. The van der Waals surface area contributed by atoms with Gasteiger partial charge in [0.15, 0.2) is 0 Å². The van der Waals surface area contributed by atoms with Crippen LogP contribution < -0.4 is 5.32 Å². The molecule has 0 aromatic heterocycles. The average molecular weight is 228 g/mol. The van der Waals surface area contributed by atoms with E-state index in [0.717, 1.165) is 11.0 Å². The molecular formula is C9H12N2O5. The molecule has 16 heavy (non-hydrogen) atoms. The van der Waals surface area contributed by atoms with Crippen molar-refractivity contribution in [2.75, 3.05) is 0 Å². The third-order valence-corrected chi connectivity index (χ3v) is 1.88. The van der Waals surface area contributed by atoms with Crippen LogP contribution in [0.3, 0.4) is 0 Å². The summed E-state index contributed by atoms with van der Waals surface area (Å²) in [6, 6.07) is -0.657. The minimum absolute atomic E-state index is 0.347. The second-order valence-electron chi connectivity index (χ2n) is 3.34. The highest BCUT2D eigenvalue weighted by atomic mass is 16.4. The molecule has 0 radical (unpaired) electrons. The summed E-state index contributed by atoms with van der Waals surface area (Å²) in [5.74, 6) is -1.43. The van der Waals surface area contributed by atoms with E-state index in [1.807, 2.05) is 5.32 Å². The molecule has 1 fully saturated rings. The van der Waals surface area contributed by atoms with Crippen LogP contribution in [0.4, 0.5) is 4.79 Å². The molecule has 0 aromatic carbocycles. The third kappa shape index (κ3) is 2.91. The van der Waals surface area contributed by atoms with E-state index in [1.54, 1.807) is 0 Å². The molecule has 0 aliphatic carbocycles. The van der Waals surface area contributed by atoms with Gasteiger partial charge in [-0.3, -0.25) is 19.8 Å². The number of urea groups is 1. The Labute approximate surface area is 91.7 Å². The van der Waals surface area contributed by atoms with Gasteiger partial charge in [0, 0.05) is 6.08 Å². The van der Waals surface area contributed by atoms with Crippen molar-refractivity contribution in [1.82, 2.24) is 10.2 Å². The fourth-order valence-electron chi connectivity index (χ4n) is 0.853. The maximum atomic E-state index is 10.9. The topological polar surface area (TPSA) is 104 Å². The molecule has 1 rings (SSSR count). The molecule has 0 atom stereocenters. The average Bonchev–Trinajstić information content (AvgIpc) is 2.37. The van der Waals surface area contributed by atoms with Crippen molar-refractivity contribution in [2.24, 2.45) is 0 Å². The fourth-order valence-corrected chi connectivity index (χ4v) is 0.853. The number of rotatable bonds is 2. The van der Waals surface area contributed by atoms with Gasteiger partial charge in [-0.25, -0.2) is 9.59 Å². The maximum absolute atomic E-state index is 10.9. The summed E-state index contributed by atoms with van der Waals surface area (Å²) < 4.78 is 0. The van der Waals surface area contributed by atoms with Crippen LogP contribution in [0.15, 0.2) is 12.7 Å². The van der Waals surface area contributed by atoms with Crippen molar-refractivity contribution in [1.29, 1.82) is 0 Å². The second kappa shape index (κ2) is 5.06. The van der Waals surface area contributed by atoms with E-state index in [4.69, 9.17) is 5.11 Å². The van der Waals surface area contributed by atoms with Gasteiger partial charge in [-0.2, -0.15) is 0 Å². The molecule has 1 aliphatic rings. The Morgan fingerprint density at radius 1 is 1.50 bits per heavy atom. The van der Waals surface area contributed by atoms with Crippen LogP contribution in [0.1, 0.15) is 13.8 Å². The van der Waals surface area contributed by atoms with E-state index < -0.39 is 23.4 Å². The summed E-state index contributed by atoms with van der Waals surface area (Å²) >= 11 is 0. The van der Waals surface area contributed by atoms with Crippen LogP contribution in [-0.4, -0.2) is 39.9 Å². The molecule has 0 saturated carbocycles. The number of amides is 4. The summed E-state index contributed by atoms with van der Waals surface area (Å²) in [6.07, 6.45) is 1.18. The first-order chi connectivity index (χ1) is 7.27. The van der Waals surface area contributed by atoms with Crippen molar-refractivity contribution < 1.29 is 24.3 Å². The zero-order chi connectivity index (χ0) is 12.9. The Morgan fingerprint density at radius 3 is 2.06 bits per heavy atom. The molecule has 0 spiro atoms. The minimum Gasteiger partial charge on any atom is -0.478 e. The summed E-state index contributed by atoms with van der Waals surface area (Å²) in [5.41, 5.74) is -1.04. The predicted octanol–water partition coefficient (Wildman–Crippen LogP) is -0.270. The van der Waals surface area contributed by atoms with Crippen LogP contribution in [-0.2, 0) is 14.4 Å². The molecule has 4 amide bonds. The van der Waals surface area contributed by atoms with E-state index in [9.17, 15) is 19.2 Å². The van der Waals surface area contributed by atoms with Crippen LogP contribution in [0.25, 0.3) is 0 Å².